The fraction of sp³-hybridized carbons (Fsp3) is 0.696. The molecule has 0 bridgehead atoms. The molecule has 42 heavy (non-hydrogen) atoms. The summed E-state index contributed by atoms with van der Waals surface area (Å²) < 4.78 is 36.8. The van der Waals surface area contributed by atoms with Gasteiger partial charge in [-0.2, -0.15) is 9.97 Å². The molecule has 0 spiro atoms. The van der Waals surface area contributed by atoms with Gasteiger partial charge in [0.1, 0.15) is 29.9 Å². The summed E-state index contributed by atoms with van der Waals surface area (Å²) in [7, 11) is -2.99. The Morgan fingerprint density at radius 1 is 1.24 bits per heavy atom. The summed E-state index contributed by atoms with van der Waals surface area (Å²) in [5.41, 5.74) is 3.57. The van der Waals surface area contributed by atoms with Crippen molar-refractivity contribution in [1.29, 1.82) is 0 Å². The number of hydrogen-bond acceptors (Lipinski definition) is 13. The normalized spacial score (nSPS) is 25.6. The van der Waals surface area contributed by atoms with Gasteiger partial charge in [-0.1, -0.05) is 20.8 Å². The van der Waals surface area contributed by atoms with Gasteiger partial charge in [0.05, 0.1) is 20.3 Å². The SMILES string of the molecule is COc1nc(N)nc2c1nc(Cl)n2[C@@H]1O[C@H](COP(=O)(N[C@@H](C)C(=O)O)N[C@@H](C)C(=O)OCC(C)(C)C)[C@@H](O)[C@@]1(C)O. The number of halogens is 1. The Balaban J connectivity index is 1.85. The van der Waals surface area contributed by atoms with Crippen LogP contribution in [0.2, 0.25) is 5.28 Å². The number of aliphatic hydroxyl groups is 2. The number of rotatable bonds is 12. The number of esters is 1. The lowest BCUT2D eigenvalue weighted by Crippen LogP contribution is -2.45. The topological polar surface area (TPSA) is 242 Å². The molecule has 1 aliphatic heterocycles. The lowest BCUT2D eigenvalue weighted by atomic mass is 9.96. The Kier molecular flexibility index (Phi) is 10.1. The number of hydrogen-bond donors (Lipinski definition) is 6. The first-order valence-electron chi connectivity index (χ1n) is 12.8. The molecule has 0 aromatic carbocycles. The number of nitrogen functional groups attached to an aromatic ring is 1. The second-order valence-electron chi connectivity index (χ2n) is 11.3. The molecule has 1 aliphatic rings. The summed E-state index contributed by atoms with van der Waals surface area (Å²) in [4.78, 5) is 36.2. The van der Waals surface area contributed by atoms with Crippen molar-refractivity contribution in [2.75, 3.05) is 26.1 Å². The first-order valence-corrected chi connectivity index (χ1v) is 14.8. The van der Waals surface area contributed by atoms with E-state index in [4.69, 9.17) is 36.1 Å². The van der Waals surface area contributed by atoms with Crippen molar-refractivity contribution in [1.82, 2.24) is 29.7 Å². The predicted octanol–water partition coefficient (Wildman–Crippen LogP) is 0.835. The first kappa shape index (κ1) is 33.9. The van der Waals surface area contributed by atoms with Crippen LogP contribution in [0.4, 0.5) is 5.95 Å². The van der Waals surface area contributed by atoms with Crippen LogP contribution < -0.4 is 20.6 Å². The molecule has 0 radical (unpaired) electrons. The van der Waals surface area contributed by atoms with Gasteiger partial charge in [-0.15, -0.1) is 0 Å². The van der Waals surface area contributed by atoms with E-state index in [2.05, 4.69) is 25.1 Å². The third-order valence-corrected chi connectivity index (χ3v) is 8.42. The quantitative estimate of drug-likeness (QED) is 0.107. The van der Waals surface area contributed by atoms with E-state index in [0.717, 1.165) is 0 Å². The van der Waals surface area contributed by atoms with Crippen molar-refractivity contribution in [2.24, 2.45) is 5.41 Å². The molecule has 2 aromatic rings. The first-order chi connectivity index (χ1) is 19.3. The van der Waals surface area contributed by atoms with Crippen LogP contribution in [0.5, 0.6) is 5.88 Å². The van der Waals surface area contributed by atoms with Crippen LogP contribution in [0.3, 0.4) is 0 Å². The Bertz CT molecular complexity index is 1370. The Morgan fingerprint density at radius 3 is 2.43 bits per heavy atom. The van der Waals surface area contributed by atoms with Gasteiger partial charge >= 0.3 is 19.6 Å². The number of imidazole rings is 1. The molecule has 1 fully saturated rings. The van der Waals surface area contributed by atoms with Crippen molar-refractivity contribution in [3.05, 3.63) is 5.28 Å². The standard InChI is InChI=1S/C23H37ClN7O10P/c1-10(17(33)34)29-42(37,30-11(2)18(35)39-9-22(3,4)5)40-8-12-14(32)23(6,36)19(41-12)31-15-13(26-20(31)24)16(38-7)28-21(25)27-15/h10-12,14,19,32,36H,8-9H2,1-7H3,(H,33,34)(H2,25,27,28)(H2,29,30,37)/t10-,11-,12+,14+,19+,23+,42?/m0/s1. The zero-order valence-electron chi connectivity index (χ0n) is 24.2. The number of carbonyl (C=O) groups excluding carboxylic acids is 1. The summed E-state index contributed by atoms with van der Waals surface area (Å²) >= 11 is 6.35. The zero-order chi connectivity index (χ0) is 31.8. The Labute approximate surface area is 246 Å². The summed E-state index contributed by atoms with van der Waals surface area (Å²) in [6.45, 7) is 8.87. The van der Waals surface area contributed by atoms with Gasteiger partial charge in [-0.3, -0.25) is 18.7 Å². The van der Waals surface area contributed by atoms with Crippen LogP contribution in [-0.2, 0) is 28.2 Å². The van der Waals surface area contributed by atoms with E-state index in [1.807, 2.05) is 20.8 Å². The molecule has 7 N–H and O–H groups in total. The van der Waals surface area contributed by atoms with Crippen LogP contribution in [0.25, 0.3) is 11.2 Å². The van der Waals surface area contributed by atoms with Crippen LogP contribution in [0.15, 0.2) is 0 Å². The van der Waals surface area contributed by atoms with E-state index < -0.39 is 62.3 Å². The average molecular weight is 638 g/mol. The molecule has 0 saturated carbocycles. The van der Waals surface area contributed by atoms with E-state index in [1.54, 1.807) is 0 Å². The number of methoxy groups -OCH3 is 1. The number of nitrogens with two attached hydrogens (primary N) is 1. The molecular weight excluding hydrogens is 601 g/mol. The van der Waals surface area contributed by atoms with Crippen molar-refractivity contribution >= 4 is 48.3 Å². The molecular formula is C23H37ClN7O10P. The maximum atomic E-state index is 13.7. The summed E-state index contributed by atoms with van der Waals surface area (Å²) in [6.07, 6.45) is -4.38. The third-order valence-electron chi connectivity index (χ3n) is 6.18. The highest BCUT2D eigenvalue weighted by atomic mass is 35.5. The molecule has 1 saturated heterocycles. The maximum absolute atomic E-state index is 13.7. The molecule has 3 rings (SSSR count). The van der Waals surface area contributed by atoms with Gasteiger partial charge in [-0.05, 0) is 37.8 Å². The van der Waals surface area contributed by atoms with Crippen molar-refractivity contribution in [2.45, 2.75) is 77.7 Å². The van der Waals surface area contributed by atoms with E-state index in [1.165, 1.54) is 32.4 Å². The van der Waals surface area contributed by atoms with E-state index in [9.17, 15) is 29.5 Å². The molecule has 7 atom stereocenters. The second-order valence-corrected chi connectivity index (χ2v) is 13.5. The second kappa shape index (κ2) is 12.5. The number of carboxylic acids is 1. The summed E-state index contributed by atoms with van der Waals surface area (Å²) in [5, 5.41) is 36.2. The minimum Gasteiger partial charge on any atom is -0.480 e. The van der Waals surface area contributed by atoms with Gasteiger partial charge < -0.3 is 39.8 Å². The number of fused-ring (bicyclic) bond motifs is 1. The number of ether oxygens (including phenoxy) is 3. The van der Waals surface area contributed by atoms with E-state index in [-0.39, 0.29) is 40.3 Å². The molecule has 0 amide bonds. The van der Waals surface area contributed by atoms with Gasteiger partial charge in [0.25, 0.3) is 0 Å². The van der Waals surface area contributed by atoms with Gasteiger partial charge in [-0.25, -0.2) is 15.2 Å². The Morgan fingerprint density at radius 2 is 1.86 bits per heavy atom. The number of anilines is 1. The zero-order valence-corrected chi connectivity index (χ0v) is 25.8. The molecule has 2 aromatic heterocycles. The molecule has 19 heteroatoms. The van der Waals surface area contributed by atoms with E-state index >= 15 is 0 Å². The van der Waals surface area contributed by atoms with Crippen molar-refractivity contribution in [3.8, 4) is 5.88 Å². The number of aliphatic carboxylic acids is 1. The monoisotopic (exact) mass is 637 g/mol. The predicted molar refractivity (Wildman–Crippen MR) is 149 cm³/mol. The summed E-state index contributed by atoms with van der Waals surface area (Å²) in [6, 6.07) is -2.56. The minimum absolute atomic E-state index is 0.0111. The van der Waals surface area contributed by atoms with Crippen molar-refractivity contribution < 1.29 is 48.2 Å². The number of carboxylic acid groups (broad SMARTS) is 1. The summed E-state index contributed by atoms with van der Waals surface area (Å²) in [5.74, 6) is -2.27. The number of aromatic nitrogens is 4. The molecule has 17 nitrogen and oxygen atoms in total. The molecule has 1 unspecified atom stereocenters. The van der Waals surface area contributed by atoms with Gasteiger partial charge in [0, 0.05) is 0 Å². The van der Waals surface area contributed by atoms with Gasteiger partial charge in [0.15, 0.2) is 17.4 Å². The highest BCUT2D eigenvalue weighted by Crippen LogP contribution is 2.45. The number of carbonyl (C=O) groups is 2. The third kappa shape index (κ3) is 7.47. The molecule has 236 valence electrons. The minimum atomic E-state index is -4.32. The largest absolute Gasteiger partial charge is 0.480 e. The number of nitrogens with zero attached hydrogens (tertiary/aromatic N) is 4. The molecule has 0 aliphatic carbocycles. The fourth-order valence-corrected chi connectivity index (χ4v) is 6.03. The van der Waals surface area contributed by atoms with Gasteiger partial charge in [0.2, 0.25) is 17.1 Å². The maximum Gasteiger partial charge on any atom is 0.342 e. The van der Waals surface area contributed by atoms with Crippen LogP contribution in [0, 0.1) is 5.41 Å². The number of nitrogens with one attached hydrogen (secondary N) is 2. The lowest BCUT2D eigenvalue weighted by molar-refractivity contribution is -0.148. The highest BCUT2D eigenvalue weighted by molar-refractivity contribution is 7.54. The van der Waals surface area contributed by atoms with Crippen LogP contribution in [-0.4, -0.2) is 97.0 Å². The number of aliphatic hydroxyl groups excluding tert-OH is 1. The van der Waals surface area contributed by atoms with Crippen molar-refractivity contribution in [3.63, 3.8) is 0 Å². The average Bonchev–Trinajstić information content (AvgIpc) is 3.31. The molecule has 3 heterocycles. The fourth-order valence-electron chi connectivity index (χ4n) is 3.96. The smallest absolute Gasteiger partial charge is 0.342 e. The van der Waals surface area contributed by atoms with Crippen LogP contribution in [0.1, 0.15) is 47.8 Å². The lowest BCUT2D eigenvalue weighted by Gasteiger charge is -2.28. The highest BCUT2D eigenvalue weighted by Gasteiger charge is 2.55. The van der Waals surface area contributed by atoms with E-state index in [0.29, 0.717) is 0 Å². The Hall–Kier alpha value is -2.63. The van der Waals surface area contributed by atoms with Crippen LogP contribution >= 0.6 is 19.3 Å².